The zero-order chi connectivity index (χ0) is 14.7. The molecule has 0 saturated carbocycles. The molecule has 0 saturated heterocycles. The lowest BCUT2D eigenvalue weighted by atomic mass is 10.1. The Morgan fingerprint density at radius 2 is 2.00 bits per heavy atom. The lowest BCUT2D eigenvalue weighted by Crippen LogP contribution is -2.06. The number of halogens is 2. The maximum absolute atomic E-state index is 14.1. The van der Waals surface area contributed by atoms with Crippen LogP contribution in [-0.4, -0.2) is 11.1 Å². The molecule has 5 heteroatoms. The van der Waals surface area contributed by atoms with Crippen molar-refractivity contribution in [3.8, 4) is 0 Å². The summed E-state index contributed by atoms with van der Waals surface area (Å²) in [5.41, 5.74) is 2.35. The van der Waals surface area contributed by atoms with E-state index in [1.807, 2.05) is 31.2 Å². The first kappa shape index (κ1) is 14.5. The van der Waals surface area contributed by atoms with Crippen molar-refractivity contribution in [3.63, 3.8) is 0 Å². The zero-order valence-corrected chi connectivity index (χ0v) is 12.4. The number of hydrogen-bond acceptors (Lipinski definition) is 2. The number of carboxylic acid groups (broad SMARTS) is 1. The number of hydrogen-bond donors (Lipinski definition) is 2. The van der Waals surface area contributed by atoms with Crippen molar-refractivity contribution < 1.29 is 14.3 Å². The van der Waals surface area contributed by atoms with E-state index in [1.165, 1.54) is 12.1 Å². The van der Waals surface area contributed by atoms with Gasteiger partial charge < -0.3 is 10.4 Å². The molecule has 0 aliphatic rings. The highest BCUT2D eigenvalue weighted by Crippen LogP contribution is 2.27. The Bertz CT molecular complexity index is 658. The Hall–Kier alpha value is -1.88. The van der Waals surface area contributed by atoms with E-state index in [9.17, 15) is 9.18 Å². The highest BCUT2D eigenvalue weighted by Gasteiger charge is 2.15. The van der Waals surface area contributed by atoms with Crippen LogP contribution >= 0.6 is 15.9 Å². The highest BCUT2D eigenvalue weighted by atomic mass is 79.9. The Labute approximate surface area is 124 Å². The van der Waals surface area contributed by atoms with Crippen molar-refractivity contribution in [1.82, 2.24) is 0 Å². The fourth-order valence-electron chi connectivity index (χ4n) is 1.85. The molecule has 2 aromatic rings. The van der Waals surface area contributed by atoms with Crippen molar-refractivity contribution in [3.05, 3.63) is 63.4 Å². The Morgan fingerprint density at radius 1 is 1.30 bits per heavy atom. The summed E-state index contributed by atoms with van der Waals surface area (Å²) in [6.07, 6.45) is 0. The number of aryl methyl sites for hydroxylation is 1. The van der Waals surface area contributed by atoms with E-state index in [0.29, 0.717) is 6.54 Å². The van der Waals surface area contributed by atoms with Gasteiger partial charge in [-0.15, -0.1) is 0 Å². The first-order valence-electron chi connectivity index (χ1n) is 6.00. The molecular formula is C15H13BrFNO2. The monoisotopic (exact) mass is 337 g/mol. The molecule has 0 bridgehead atoms. The van der Waals surface area contributed by atoms with Crippen LogP contribution in [0.4, 0.5) is 10.1 Å². The van der Waals surface area contributed by atoms with Crippen LogP contribution in [0.5, 0.6) is 0 Å². The van der Waals surface area contributed by atoms with Gasteiger partial charge in [0.2, 0.25) is 0 Å². The number of nitrogens with one attached hydrogen (secondary N) is 1. The smallest absolute Gasteiger partial charge is 0.336 e. The van der Waals surface area contributed by atoms with Crippen LogP contribution in [0.25, 0.3) is 0 Å². The average Bonchev–Trinajstić information content (AvgIpc) is 2.41. The molecule has 0 aliphatic heterocycles. The average molecular weight is 338 g/mol. The second kappa shape index (κ2) is 6.05. The summed E-state index contributed by atoms with van der Waals surface area (Å²) in [6, 6.07) is 10.6. The molecule has 104 valence electrons. The van der Waals surface area contributed by atoms with E-state index in [1.54, 1.807) is 0 Å². The van der Waals surface area contributed by atoms with Crippen molar-refractivity contribution in [2.45, 2.75) is 13.5 Å². The molecule has 2 rings (SSSR count). The lowest BCUT2D eigenvalue weighted by molar-refractivity contribution is 0.0695. The molecule has 0 amide bonds. The second-order valence-electron chi connectivity index (χ2n) is 4.37. The first-order valence-corrected chi connectivity index (χ1v) is 6.79. The highest BCUT2D eigenvalue weighted by molar-refractivity contribution is 9.10. The van der Waals surface area contributed by atoms with Crippen LogP contribution in [-0.2, 0) is 6.54 Å². The van der Waals surface area contributed by atoms with Gasteiger partial charge in [-0.25, -0.2) is 9.18 Å². The quantitative estimate of drug-likeness (QED) is 0.878. The minimum Gasteiger partial charge on any atom is -0.478 e. The number of aromatic carboxylic acids is 1. The maximum Gasteiger partial charge on any atom is 0.336 e. The van der Waals surface area contributed by atoms with E-state index < -0.39 is 11.8 Å². The van der Waals surface area contributed by atoms with Crippen LogP contribution in [0.15, 0.2) is 40.9 Å². The Balaban J connectivity index is 2.21. The van der Waals surface area contributed by atoms with E-state index in [4.69, 9.17) is 5.11 Å². The SMILES string of the molecule is Cc1ccccc1CNc1ccc(C(=O)O)c(Br)c1F. The molecule has 0 aliphatic carbocycles. The van der Waals surface area contributed by atoms with Gasteiger partial charge in [0.1, 0.15) is 0 Å². The minimum absolute atomic E-state index is 0.0419. The molecule has 0 fully saturated rings. The van der Waals surface area contributed by atoms with Gasteiger partial charge in [0.15, 0.2) is 5.82 Å². The van der Waals surface area contributed by atoms with E-state index in [0.717, 1.165) is 11.1 Å². The van der Waals surface area contributed by atoms with Crippen molar-refractivity contribution in [2.24, 2.45) is 0 Å². The van der Waals surface area contributed by atoms with Crippen LogP contribution in [0.1, 0.15) is 21.5 Å². The van der Waals surface area contributed by atoms with E-state index in [2.05, 4.69) is 21.2 Å². The van der Waals surface area contributed by atoms with Crippen LogP contribution in [0, 0.1) is 12.7 Å². The fraction of sp³-hybridized carbons (Fsp3) is 0.133. The maximum atomic E-state index is 14.1. The lowest BCUT2D eigenvalue weighted by Gasteiger charge is -2.11. The van der Waals surface area contributed by atoms with Crippen LogP contribution in [0.3, 0.4) is 0 Å². The summed E-state index contributed by atoms with van der Waals surface area (Å²) < 4.78 is 14.0. The van der Waals surface area contributed by atoms with Crippen LogP contribution in [0.2, 0.25) is 0 Å². The molecule has 0 spiro atoms. The number of carbonyl (C=O) groups is 1. The van der Waals surface area contributed by atoms with Crippen LogP contribution < -0.4 is 5.32 Å². The summed E-state index contributed by atoms with van der Waals surface area (Å²) in [6.45, 7) is 2.46. The summed E-state index contributed by atoms with van der Waals surface area (Å²) >= 11 is 2.98. The third-order valence-corrected chi connectivity index (χ3v) is 3.82. The standard InChI is InChI=1S/C15H13BrFNO2/c1-9-4-2-3-5-10(9)8-18-12-7-6-11(15(19)20)13(16)14(12)17/h2-7,18H,8H2,1H3,(H,19,20). The molecule has 20 heavy (non-hydrogen) atoms. The van der Waals surface area contributed by atoms with Gasteiger partial charge in [-0.1, -0.05) is 24.3 Å². The molecule has 0 unspecified atom stereocenters. The van der Waals surface area contributed by atoms with E-state index >= 15 is 0 Å². The topological polar surface area (TPSA) is 49.3 Å². The minimum atomic E-state index is -1.17. The normalized spacial score (nSPS) is 10.3. The van der Waals surface area contributed by atoms with Crippen molar-refractivity contribution in [2.75, 3.05) is 5.32 Å². The van der Waals surface area contributed by atoms with Gasteiger partial charge in [-0.2, -0.15) is 0 Å². The zero-order valence-electron chi connectivity index (χ0n) is 10.8. The molecule has 0 atom stereocenters. The molecule has 3 nitrogen and oxygen atoms in total. The Kier molecular flexibility index (Phi) is 4.39. The van der Waals surface area contributed by atoms with Gasteiger partial charge >= 0.3 is 5.97 Å². The third kappa shape index (κ3) is 2.99. The molecule has 2 N–H and O–H groups in total. The second-order valence-corrected chi connectivity index (χ2v) is 5.17. The molecule has 0 radical (unpaired) electrons. The number of carboxylic acids is 1. The predicted molar refractivity (Wildman–Crippen MR) is 79.6 cm³/mol. The van der Waals surface area contributed by atoms with Gasteiger partial charge in [0.25, 0.3) is 0 Å². The number of rotatable bonds is 4. The Morgan fingerprint density at radius 3 is 2.65 bits per heavy atom. The molecule has 0 aromatic heterocycles. The summed E-state index contributed by atoms with van der Waals surface area (Å²) in [5.74, 6) is -1.76. The third-order valence-electron chi connectivity index (χ3n) is 3.04. The molecular weight excluding hydrogens is 325 g/mol. The predicted octanol–water partition coefficient (Wildman–Crippen LogP) is 4.21. The van der Waals surface area contributed by atoms with Crippen molar-refractivity contribution in [1.29, 1.82) is 0 Å². The summed E-state index contributed by atoms with van der Waals surface area (Å²) in [5, 5.41) is 11.9. The number of anilines is 1. The van der Waals surface area contributed by atoms with Gasteiger partial charge in [-0.05, 0) is 46.1 Å². The fourth-order valence-corrected chi connectivity index (χ4v) is 2.37. The largest absolute Gasteiger partial charge is 0.478 e. The summed E-state index contributed by atoms with van der Waals surface area (Å²) in [7, 11) is 0. The summed E-state index contributed by atoms with van der Waals surface area (Å²) in [4.78, 5) is 10.9. The van der Waals surface area contributed by atoms with Crippen molar-refractivity contribution >= 4 is 27.6 Å². The first-order chi connectivity index (χ1) is 9.50. The van der Waals surface area contributed by atoms with Gasteiger partial charge in [0.05, 0.1) is 15.7 Å². The van der Waals surface area contributed by atoms with Gasteiger partial charge in [-0.3, -0.25) is 0 Å². The van der Waals surface area contributed by atoms with E-state index in [-0.39, 0.29) is 15.7 Å². The van der Waals surface area contributed by atoms with Gasteiger partial charge in [0, 0.05) is 6.54 Å². The number of benzene rings is 2. The molecule has 0 heterocycles. The molecule has 2 aromatic carbocycles.